The Kier molecular flexibility index (Phi) is 4.99. The predicted molar refractivity (Wildman–Crippen MR) is 85.4 cm³/mol. The van der Waals surface area contributed by atoms with E-state index in [1.54, 1.807) is 7.11 Å². The molecule has 0 aromatic carbocycles. The van der Waals surface area contributed by atoms with Crippen molar-refractivity contribution in [2.75, 3.05) is 13.7 Å². The molecule has 1 heterocycles. The third kappa shape index (κ3) is 4.24. The number of aromatic nitrogens is 2. The summed E-state index contributed by atoms with van der Waals surface area (Å²) in [7, 11) is 1.73. The molecule has 1 aromatic rings. The van der Waals surface area contributed by atoms with Crippen molar-refractivity contribution in [2.24, 2.45) is 5.41 Å². The summed E-state index contributed by atoms with van der Waals surface area (Å²) in [4.78, 5) is 9.44. The molecule has 1 aliphatic carbocycles. The average molecular weight is 291 g/mol. The van der Waals surface area contributed by atoms with E-state index in [0.29, 0.717) is 0 Å². The van der Waals surface area contributed by atoms with Crippen molar-refractivity contribution in [3.05, 3.63) is 22.8 Å². The molecule has 1 aliphatic rings. The number of methoxy groups -OCH3 is 1. The molecule has 0 amide bonds. The van der Waals surface area contributed by atoms with Gasteiger partial charge in [0.25, 0.3) is 0 Å². The van der Waals surface area contributed by atoms with Crippen molar-refractivity contribution in [1.29, 1.82) is 0 Å². The SMILES string of the molecule is COC(c1nc(C)c(CCNC2CC2)c(C)n1)C(C)(C)C. The lowest BCUT2D eigenvalue weighted by Crippen LogP contribution is -2.24. The quantitative estimate of drug-likeness (QED) is 0.875. The van der Waals surface area contributed by atoms with Gasteiger partial charge in [0.2, 0.25) is 0 Å². The van der Waals surface area contributed by atoms with Gasteiger partial charge in [0.05, 0.1) is 0 Å². The van der Waals surface area contributed by atoms with Gasteiger partial charge in [-0.1, -0.05) is 20.8 Å². The number of aryl methyl sites for hydroxylation is 2. The Labute approximate surface area is 128 Å². The second-order valence-electron chi connectivity index (χ2n) is 7.19. The molecule has 0 bridgehead atoms. The van der Waals surface area contributed by atoms with Crippen LogP contribution in [0.25, 0.3) is 0 Å². The minimum Gasteiger partial charge on any atom is -0.373 e. The van der Waals surface area contributed by atoms with Crippen molar-refractivity contribution < 1.29 is 4.74 Å². The molecule has 21 heavy (non-hydrogen) atoms. The van der Waals surface area contributed by atoms with E-state index in [1.165, 1.54) is 18.4 Å². The summed E-state index contributed by atoms with van der Waals surface area (Å²) in [5.41, 5.74) is 3.43. The number of nitrogens with one attached hydrogen (secondary N) is 1. The Balaban J connectivity index is 2.14. The van der Waals surface area contributed by atoms with E-state index < -0.39 is 0 Å². The van der Waals surface area contributed by atoms with Gasteiger partial charge in [-0.15, -0.1) is 0 Å². The lowest BCUT2D eigenvalue weighted by atomic mass is 9.88. The Morgan fingerprint density at radius 1 is 1.19 bits per heavy atom. The standard InChI is InChI=1S/C17H29N3O/c1-11-14(9-10-18-13-7-8-13)12(2)20-16(19-11)15(21-6)17(3,4)5/h13,15,18H,7-10H2,1-6H3. The van der Waals surface area contributed by atoms with Crippen LogP contribution in [0.5, 0.6) is 0 Å². The smallest absolute Gasteiger partial charge is 0.158 e. The summed E-state index contributed by atoms with van der Waals surface area (Å²) >= 11 is 0. The monoisotopic (exact) mass is 291 g/mol. The Bertz CT molecular complexity index is 466. The molecule has 0 spiro atoms. The summed E-state index contributed by atoms with van der Waals surface area (Å²) in [6, 6.07) is 0.754. The van der Waals surface area contributed by atoms with Crippen molar-refractivity contribution >= 4 is 0 Å². The molecule has 0 radical (unpaired) electrons. The minimum atomic E-state index is -0.0754. The summed E-state index contributed by atoms with van der Waals surface area (Å²) in [6.45, 7) is 11.6. The van der Waals surface area contributed by atoms with Crippen LogP contribution in [-0.2, 0) is 11.2 Å². The van der Waals surface area contributed by atoms with Crippen molar-refractivity contribution in [3.63, 3.8) is 0 Å². The zero-order valence-electron chi connectivity index (χ0n) is 14.3. The van der Waals surface area contributed by atoms with Crippen LogP contribution in [0.2, 0.25) is 0 Å². The Hall–Kier alpha value is -1.00. The van der Waals surface area contributed by atoms with E-state index >= 15 is 0 Å². The summed E-state index contributed by atoms with van der Waals surface area (Å²) < 4.78 is 5.63. The maximum atomic E-state index is 5.63. The van der Waals surface area contributed by atoms with Gasteiger partial charge >= 0.3 is 0 Å². The van der Waals surface area contributed by atoms with Crippen LogP contribution < -0.4 is 5.32 Å². The maximum absolute atomic E-state index is 5.63. The number of nitrogens with zero attached hydrogens (tertiary/aromatic N) is 2. The highest BCUT2D eigenvalue weighted by atomic mass is 16.5. The van der Waals surface area contributed by atoms with E-state index in [-0.39, 0.29) is 11.5 Å². The van der Waals surface area contributed by atoms with E-state index in [9.17, 15) is 0 Å². The van der Waals surface area contributed by atoms with Crippen LogP contribution in [0.3, 0.4) is 0 Å². The molecule has 118 valence electrons. The van der Waals surface area contributed by atoms with Crippen LogP contribution in [0.15, 0.2) is 0 Å². The highest BCUT2D eigenvalue weighted by molar-refractivity contribution is 5.25. The van der Waals surface area contributed by atoms with E-state index in [4.69, 9.17) is 14.7 Å². The van der Waals surface area contributed by atoms with E-state index in [2.05, 4.69) is 39.9 Å². The van der Waals surface area contributed by atoms with Gasteiger partial charge in [-0.3, -0.25) is 0 Å². The molecule has 1 fully saturated rings. The van der Waals surface area contributed by atoms with Crippen molar-refractivity contribution in [3.8, 4) is 0 Å². The Morgan fingerprint density at radius 3 is 2.19 bits per heavy atom. The van der Waals surface area contributed by atoms with Gasteiger partial charge in [0, 0.05) is 24.5 Å². The van der Waals surface area contributed by atoms with Gasteiger partial charge in [-0.25, -0.2) is 9.97 Å². The minimum absolute atomic E-state index is 0.0112. The number of rotatable bonds is 6. The highest BCUT2D eigenvalue weighted by Crippen LogP contribution is 2.34. The third-order valence-electron chi connectivity index (χ3n) is 4.08. The molecule has 1 atom stereocenters. The first-order valence-electron chi connectivity index (χ1n) is 7.93. The fourth-order valence-corrected chi connectivity index (χ4v) is 2.78. The normalized spacial score (nSPS) is 17.0. The second-order valence-corrected chi connectivity index (χ2v) is 7.19. The van der Waals surface area contributed by atoms with Crippen LogP contribution >= 0.6 is 0 Å². The van der Waals surface area contributed by atoms with Crippen molar-refractivity contribution in [1.82, 2.24) is 15.3 Å². The number of ether oxygens (including phenoxy) is 1. The van der Waals surface area contributed by atoms with Gasteiger partial charge < -0.3 is 10.1 Å². The molecule has 1 N–H and O–H groups in total. The van der Waals surface area contributed by atoms with Gasteiger partial charge in [0.15, 0.2) is 5.82 Å². The van der Waals surface area contributed by atoms with E-state index in [1.807, 2.05) is 0 Å². The number of hydrogen-bond acceptors (Lipinski definition) is 4. The first kappa shape index (κ1) is 16.4. The van der Waals surface area contributed by atoms with Crippen LogP contribution in [0.4, 0.5) is 0 Å². The molecular formula is C17H29N3O. The zero-order valence-corrected chi connectivity index (χ0v) is 14.3. The summed E-state index contributed by atoms with van der Waals surface area (Å²) in [5, 5.41) is 3.55. The molecule has 1 aromatic heterocycles. The van der Waals surface area contributed by atoms with Crippen molar-refractivity contribution in [2.45, 2.75) is 66.0 Å². The molecule has 1 saturated carbocycles. The van der Waals surface area contributed by atoms with Gasteiger partial charge in [-0.2, -0.15) is 0 Å². The largest absolute Gasteiger partial charge is 0.373 e. The van der Waals surface area contributed by atoms with Crippen LogP contribution in [-0.4, -0.2) is 29.7 Å². The molecular weight excluding hydrogens is 262 g/mol. The second kappa shape index (κ2) is 6.41. The van der Waals surface area contributed by atoms with Gasteiger partial charge in [-0.05, 0) is 50.6 Å². The highest BCUT2D eigenvalue weighted by Gasteiger charge is 2.29. The predicted octanol–water partition coefficient (Wildman–Crippen LogP) is 3.12. The molecule has 4 nitrogen and oxygen atoms in total. The molecule has 2 rings (SSSR count). The van der Waals surface area contributed by atoms with Gasteiger partial charge in [0.1, 0.15) is 6.10 Å². The number of hydrogen-bond donors (Lipinski definition) is 1. The third-order valence-corrected chi connectivity index (χ3v) is 4.08. The zero-order chi connectivity index (χ0) is 15.6. The maximum Gasteiger partial charge on any atom is 0.158 e. The molecule has 0 aliphatic heterocycles. The molecule has 4 heteroatoms. The first-order chi connectivity index (χ1) is 9.82. The fraction of sp³-hybridized carbons (Fsp3) is 0.765. The Morgan fingerprint density at radius 2 is 1.76 bits per heavy atom. The first-order valence-corrected chi connectivity index (χ1v) is 7.93. The van der Waals surface area contributed by atoms with Crippen LogP contribution in [0.1, 0.15) is 62.5 Å². The van der Waals surface area contributed by atoms with Crippen LogP contribution in [0, 0.1) is 19.3 Å². The molecule has 1 unspecified atom stereocenters. The summed E-state index contributed by atoms with van der Waals surface area (Å²) in [6.07, 6.45) is 3.58. The average Bonchev–Trinajstić information content (AvgIpc) is 3.15. The van der Waals surface area contributed by atoms with E-state index in [0.717, 1.165) is 36.2 Å². The topological polar surface area (TPSA) is 47.0 Å². The fourth-order valence-electron chi connectivity index (χ4n) is 2.78. The lowest BCUT2D eigenvalue weighted by molar-refractivity contribution is 0.00840. The molecule has 0 saturated heterocycles. The lowest BCUT2D eigenvalue weighted by Gasteiger charge is -2.28. The summed E-state index contributed by atoms with van der Waals surface area (Å²) in [5.74, 6) is 0.805.